The number of ether oxygens (including phenoxy) is 1. The number of nitrogens with zero attached hydrogens (tertiary/aromatic N) is 1. The van der Waals surface area contributed by atoms with E-state index < -0.39 is 0 Å². The van der Waals surface area contributed by atoms with Crippen LogP contribution >= 0.6 is 0 Å². The molecule has 0 atom stereocenters. The Kier molecular flexibility index (Phi) is 3.39. The van der Waals surface area contributed by atoms with Crippen molar-refractivity contribution in [3.8, 4) is 5.75 Å². The molecule has 0 unspecified atom stereocenters. The van der Waals surface area contributed by atoms with Crippen LogP contribution in [0.3, 0.4) is 0 Å². The van der Waals surface area contributed by atoms with Crippen LogP contribution in [0.5, 0.6) is 5.75 Å². The molecule has 0 saturated carbocycles. The zero-order valence-corrected chi connectivity index (χ0v) is 11.1. The lowest BCUT2D eigenvalue weighted by molar-refractivity contribution is 0.0631. The van der Waals surface area contributed by atoms with Crippen LogP contribution in [0.15, 0.2) is 48.5 Å². The maximum Gasteiger partial charge on any atom is 0.261 e. The van der Waals surface area contributed by atoms with Crippen LogP contribution in [0.1, 0.15) is 20.7 Å². The van der Waals surface area contributed by atoms with E-state index in [1.807, 2.05) is 0 Å². The lowest BCUT2D eigenvalue weighted by Gasteiger charge is -2.14. The van der Waals surface area contributed by atoms with Crippen molar-refractivity contribution in [3.05, 3.63) is 65.5 Å². The Balaban J connectivity index is 1.63. The second-order valence-electron chi connectivity index (χ2n) is 4.61. The summed E-state index contributed by atoms with van der Waals surface area (Å²) >= 11 is 0. The number of imide groups is 1. The molecule has 0 aliphatic carbocycles. The van der Waals surface area contributed by atoms with Crippen molar-refractivity contribution in [3.63, 3.8) is 0 Å². The molecule has 0 aromatic heterocycles. The summed E-state index contributed by atoms with van der Waals surface area (Å²) in [6, 6.07) is 12.3. The van der Waals surface area contributed by atoms with E-state index in [1.165, 1.54) is 24.3 Å². The zero-order valence-electron chi connectivity index (χ0n) is 11.1. The van der Waals surface area contributed by atoms with Crippen molar-refractivity contribution in [2.24, 2.45) is 0 Å². The molecule has 0 bridgehead atoms. The van der Waals surface area contributed by atoms with Crippen molar-refractivity contribution in [2.45, 2.75) is 0 Å². The van der Waals surface area contributed by atoms with E-state index in [9.17, 15) is 14.0 Å². The first kappa shape index (κ1) is 13.3. The van der Waals surface area contributed by atoms with Crippen LogP contribution < -0.4 is 4.74 Å². The molecular formula is C16H12FNO3. The lowest BCUT2D eigenvalue weighted by atomic mass is 10.1. The van der Waals surface area contributed by atoms with Gasteiger partial charge < -0.3 is 4.74 Å². The molecule has 0 saturated heterocycles. The van der Waals surface area contributed by atoms with Gasteiger partial charge in [-0.05, 0) is 36.4 Å². The van der Waals surface area contributed by atoms with Crippen LogP contribution in [0.4, 0.5) is 4.39 Å². The fourth-order valence-electron chi connectivity index (χ4n) is 2.23. The van der Waals surface area contributed by atoms with Gasteiger partial charge in [-0.2, -0.15) is 0 Å². The van der Waals surface area contributed by atoms with Crippen molar-refractivity contribution in [1.82, 2.24) is 4.90 Å². The average Bonchev–Trinajstić information content (AvgIpc) is 2.75. The van der Waals surface area contributed by atoms with E-state index in [0.29, 0.717) is 16.9 Å². The predicted molar refractivity (Wildman–Crippen MR) is 73.7 cm³/mol. The van der Waals surface area contributed by atoms with E-state index in [4.69, 9.17) is 4.74 Å². The van der Waals surface area contributed by atoms with Gasteiger partial charge in [-0.15, -0.1) is 0 Å². The van der Waals surface area contributed by atoms with E-state index >= 15 is 0 Å². The van der Waals surface area contributed by atoms with E-state index in [0.717, 1.165) is 4.90 Å². The summed E-state index contributed by atoms with van der Waals surface area (Å²) in [7, 11) is 0. The lowest BCUT2D eigenvalue weighted by Crippen LogP contribution is -2.33. The molecular weight excluding hydrogens is 273 g/mol. The highest BCUT2D eigenvalue weighted by molar-refractivity contribution is 6.21. The quantitative estimate of drug-likeness (QED) is 0.811. The number of carbonyl (C=O) groups excluding carboxylic acids is 2. The number of hydrogen-bond donors (Lipinski definition) is 0. The van der Waals surface area contributed by atoms with Crippen molar-refractivity contribution < 1.29 is 18.7 Å². The largest absolute Gasteiger partial charge is 0.492 e. The Labute approximate surface area is 120 Å². The van der Waals surface area contributed by atoms with Gasteiger partial charge in [0.05, 0.1) is 17.7 Å². The van der Waals surface area contributed by atoms with Gasteiger partial charge in [0.25, 0.3) is 11.8 Å². The molecule has 1 aliphatic rings. The molecule has 1 aliphatic heterocycles. The SMILES string of the molecule is O=C1c2ccccc2C(=O)N1CCOc1ccc(F)cc1. The monoisotopic (exact) mass is 285 g/mol. The minimum absolute atomic E-state index is 0.156. The normalized spacial score (nSPS) is 13.5. The molecule has 0 spiro atoms. The number of hydrogen-bond acceptors (Lipinski definition) is 3. The summed E-state index contributed by atoms with van der Waals surface area (Å²) < 4.78 is 18.2. The third-order valence-electron chi connectivity index (χ3n) is 3.28. The summed E-state index contributed by atoms with van der Waals surface area (Å²) in [4.78, 5) is 25.3. The van der Waals surface area contributed by atoms with Crippen molar-refractivity contribution >= 4 is 11.8 Å². The summed E-state index contributed by atoms with van der Waals surface area (Å²) in [5.74, 6) is -0.465. The Morgan fingerprint density at radius 1 is 0.905 bits per heavy atom. The number of benzene rings is 2. The summed E-state index contributed by atoms with van der Waals surface area (Å²) in [6.07, 6.45) is 0. The van der Waals surface area contributed by atoms with Gasteiger partial charge >= 0.3 is 0 Å². The molecule has 0 fully saturated rings. The molecule has 0 N–H and O–H groups in total. The Bertz CT molecular complexity index is 662. The van der Waals surface area contributed by atoms with Crippen LogP contribution in [-0.2, 0) is 0 Å². The first-order valence-electron chi connectivity index (χ1n) is 6.50. The fraction of sp³-hybridized carbons (Fsp3) is 0.125. The molecule has 5 heteroatoms. The van der Waals surface area contributed by atoms with Gasteiger partial charge in [-0.3, -0.25) is 14.5 Å². The number of halogens is 1. The highest BCUT2D eigenvalue weighted by Gasteiger charge is 2.34. The highest BCUT2D eigenvalue weighted by Crippen LogP contribution is 2.22. The molecule has 3 rings (SSSR count). The van der Waals surface area contributed by atoms with Crippen LogP contribution in [0.2, 0.25) is 0 Å². The molecule has 2 amide bonds. The second kappa shape index (κ2) is 5.36. The minimum Gasteiger partial charge on any atom is -0.492 e. The van der Waals surface area contributed by atoms with Crippen molar-refractivity contribution in [2.75, 3.05) is 13.2 Å². The maximum absolute atomic E-state index is 12.8. The number of carbonyl (C=O) groups is 2. The van der Waals surface area contributed by atoms with Gasteiger partial charge in [0.2, 0.25) is 0 Å². The predicted octanol–water partition coefficient (Wildman–Crippen LogP) is 2.50. The Morgan fingerprint density at radius 2 is 1.48 bits per heavy atom. The first-order valence-corrected chi connectivity index (χ1v) is 6.50. The van der Waals surface area contributed by atoms with Crippen LogP contribution in [0, 0.1) is 5.82 Å². The molecule has 1 heterocycles. The van der Waals surface area contributed by atoms with Crippen LogP contribution in [-0.4, -0.2) is 29.9 Å². The summed E-state index contributed by atoms with van der Waals surface area (Å²) in [5.41, 5.74) is 0.841. The number of rotatable bonds is 4. The molecule has 0 radical (unpaired) electrons. The third-order valence-corrected chi connectivity index (χ3v) is 3.28. The third kappa shape index (κ3) is 2.50. The molecule has 106 valence electrons. The van der Waals surface area contributed by atoms with Gasteiger partial charge in [-0.1, -0.05) is 12.1 Å². The molecule has 21 heavy (non-hydrogen) atoms. The Morgan fingerprint density at radius 3 is 2.05 bits per heavy atom. The van der Waals surface area contributed by atoms with Gasteiger partial charge in [0, 0.05) is 0 Å². The van der Waals surface area contributed by atoms with Crippen LogP contribution in [0.25, 0.3) is 0 Å². The topological polar surface area (TPSA) is 46.6 Å². The number of amides is 2. The van der Waals surface area contributed by atoms with Gasteiger partial charge in [0.15, 0.2) is 0 Å². The first-order chi connectivity index (χ1) is 10.2. The summed E-state index contributed by atoms with van der Waals surface area (Å²) in [5, 5.41) is 0. The number of fused-ring (bicyclic) bond motifs is 1. The van der Waals surface area contributed by atoms with Gasteiger partial charge in [0.1, 0.15) is 18.2 Å². The van der Waals surface area contributed by atoms with Crippen molar-refractivity contribution in [1.29, 1.82) is 0 Å². The minimum atomic E-state index is -0.345. The maximum atomic E-state index is 12.8. The van der Waals surface area contributed by atoms with E-state index in [1.54, 1.807) is 24.3 Å². The second-order valence-corrected chi connectivity index (χ2v) is 4.61. The van der Waals surface area contributed by atoms with E-state index in [2.05, 4.69) is 0 Å². The zero-order chi connectivity index (χ0) is 14.8. The van der Waals surface area contributed by atoms with Gasteiger partial charge in [-0.25, -0.2) is 4.39 Å². The standard InChI is InChI=1S/C16H12FNO3/c17-11-5-7-12(8-6-11)21-10-9-18-15(19)13-3-1-2-4-14(13)16(18)20/h1-8H,9-10H2. The molecule has 4 nitrogen and oxygen atoms in total. The van der Waals surface area contributed by atoms with E-state index in [-0.39, 0.29) is 30.8 Å². The smallest absolute Gasteiger partial charge is 0.261 e. The molecule has 2 aromatic carbocycles. The average molecular weight is 285 g/mol. The fourth-order valence-corrected chi connectivity index (χ4v) is 2.23. The molecule has 2 aromatic rings. The Hall–Kier alpha value is -2.69. The summed E-state index contributed by atoms with van der Waals surface area (Å²) in [6.45, 7) is 0.320. The highest BCUT2D eigenvalue weighted by atomic mass is 19.1.